The highest BCUT2D eigenvalue weighted by Crippen LogP contribution is 2.30. The van der Waals surface area contributed by atoms with Crippen molar-refractivity contribution in [3.63, 3.8) is 0 Å². The highest BCUT2D eigenvalue weighted by molar-refractivity contribution is 5.78. The Morgan fingerprint density at radius 2 is 2.10 bits per heavy atom. The van der Waals surface area contributed by atoms with Gasteiger partial charge in [-0.3, -0.25) is 4.79 Å². The first-order chi connectivity index (χ1) is 10.2. The van der Waals surface area contributed by atoms with Gasteiger partial charge in [0.1, 0.15) is 6.61 Å². The van der Waals surface area contributed by atoms with Gasteiger partial charge in [-0.2, -0.15) is 0 Å². The summed E-state index contributed by atoms with van der Waals surface area (Å²) in [5, 5.41) is 3.06. The molecule has 112 valence electrons. The average molecular weight is 288 g/mol. The molecule has 21 heavy (non-hydrogen) atoms. The minimum Gasteiger partial charge on any atom is -0.445 e. The molecule has 0 saturated carbocycles. The van der Waals surface area contributed by atoms with Crippen LogP contribution in [0.3, 0.4) is 0 Å². The molecule has 2 saturated heterocycles. The van der Waals surface area contributed by atoms with Gasteiger partial charge in [0.05, 0.1) is 5.54 Å². The molecular weight excluding hydrogens is 268 g/mol. The number of rotatable bonds is 2. The molecule has 2 heterocycles. The molecule has 0 aliphatic carbocycles. The summed E-state index contributed by atoms with van der Waals surface area (Å²) in [6.45, 7) is 1.50. The van der Waals surface area contributed by atoms with Gasteiger partial charge in [-0.15, -0.1) is 0 Å². The average Bonchev–Trinajstić information content (AvgIpc) is 2.89. The van der Waals surface area contributed by atoms with Crippen LogP contribution in [-0.2, 0) is 16.1 Å². The molecule has 0 aromatic heterocycles. The van der Waals surface area contributed by atoms with Gasteiger partial charge in [-0.05, 0) is 24.8 Å². The molecule has 1 spiro atoms. The molecular formula is C16H20N2O3. The first-order valence-corrected chi connectivity index (χ1v) is 7.44. The van der Waals surface area contributed by atoms with Crippen LogP contribution in [0.2, 0.25) is 0 Å². The zero-order chi connectivity index (χ0) is 14.7. The lowest BCUT2D eigenvalue weighted by Gasteiger charge is -2.34. The van der Waals surface area contributed by atoms with Crippen LogP contribution in [-0.4, -0.2) is 35.5 Å². The first kappa shape index (κ1) is 13.9. The Labute approximate surface area is 124 Å². The highest BCUT2D eigenvalue weighted by atomic mass is 16.6. The molecule has 1 atom stereocenters. The van der Waals surface area contributed by atoms with Crippen molar-refractivity contribution in [1.82, 2.24) is 10.2 Å². The van der Waals surface area contributed by atoms with Crippen LogP contribution in [0.4, 0.5) is 4.79 Å². The van der Waals surface area contributed by atoms with Gasteiger partial charge in [0.2, 0.25) is 5.91 Å². The zero-order valence-electron chi connectivity index (χ0n) is 12.0. The SMILES string of the molecule is O=C1CCCC2(CCN(C(=O)OCc3ccccc3)C2)N1. The van der Waals surface area contributed by atoms with E-state index in [4.69, 9.17) is 4.74 Å². The number of carbonyl (C=O) groups is 2. The Morgan fingerprint density at radius 1 is 1.29 bits per heavy atom. The summed E-state index contributed by atoms with van der Waals surface area (Å²) >= 11 is 0. The molecule has 2 aliphatic rings. The lowest BCUT2D eigenvalue weighted by molar-refractivity contribution is -0.124. The van der Waals surface area contributed by atoms with Gasteiger partial charge < -0.3 is 15.0 Å². The Hall–Kier alpha value is -2.04. The third-order valence-electron chi connectivity index (χ3n) is 4.28. The van der Waals surface area contributed by atoms with E-state index in [1.807, 2.05) is 30.3 Å². The van der Waals surface area contributed by atoms with Crippen molar-refractivity contribution in [1.29, 1.82) is 0 Å². The second kappa shape index (κ2) is 5.76. The summed E-state index contributed by atoms with van der Waals surface area (Å²) in [5.74, 6) is 0.0979. The minimum atomic E-state index is -0.296. The largest absolute Gasteiger partial charge is 0.445 e. The molecule has 2 amide bonds. The fourth-order valence-corrected chi connectivity index (χ4v) is 3.15. The molecule has 1 unspecified atom stereocenters. The van der Waals surface area contributed by atoms with Crippen LogP contribution < -0.4 is 5.32 Å². The first-order valence-electron chi connectivity index (χ1n) is 7.44. The Morgan fingerprint density at radius 3 is 2.86 bits per heavy atom. The summed E-state index contributed by atoms with van der Waals surface area (Å²) < 4.78 is 5.35. The summed E-state index contributed by atoms with van der Waals surface area (Å²) in [6.07, 6.45) is 2.97. The smallest absolute Gasteiger partial charge is 0.410 e. The maximum Gasteiger partial charge on any atom is 0.410 e. The second-order valence-corrected chi connectivity index (χ2v) is 5.89. The predicted octanol–water partition coefficient (Wildman–Crippen LogP) is 2.07. The molecule has 2 aliphatic heterocycles. The summed E-state index contributed by atoms with van der Waals surface area (Å²) in [4.78, 5) is 25.4. The van der Waals surface area contributed by atoms with Crippen LogP contribution in [0.5, 0.6) is 0 Å². The van der Waals surface area contributed by atoms with Crippen molar-refractivity contribution in [3.05, 3.63) is 35.9 Å². The van der Waals surface area contributed by atoms with Crippen LogP contribution in [0.1, 0.15) is 31.2 Å². The lowest BCUT2D eigenvalue weighted by atomic mass is 9.88. The van der Waals surface area contributed by atoms with Gasteiger partial charge in [0.25, 0.3) is 0 Å². The van der Waals surface area contributed by atoms with Gasteiger partial charge in [0, 0.05) is 19.5 Å². The Balaban J connectivity index is 1.53. The van der Waals surface area contributed by atoms with Crippen LogP contribution in [0, 0.1) is 0 Å². The molecule has 2 fully saturated rings. The Kier molecular flexibility index (Phi) is 3.82. The van der Waals surface area contributed by atoms with E-state index in [0.717, 1.165) is 24.8 Å². The highest BCUT2D eigenvalue weighted by Gasteiger charge is 2.43. The molecule has 5 heteroatoms. The summed E-state index contributed by atoms with van der Waals surface area (Å²) in [5.41, 5.74) is 0.756. The molecule has 0 radical (unpaired) electrons. The number of nitrogens with one attached hydrogen (secondary N) is 1. The molecule has 1 N–H and O–H groups in total. The van der Waals surface area contributed by atoms with E-state index in [0.29, 0.717) is 19.5 Å². The van der Waals surface area contributed by atoms with Crippen LogP contribution in [0.25, 0.3) is 0 Å². The predicted molar refractivity (Wildman–Crippen MR) is 77.5 cm³/mol. The number of benzene rings is 1. The van der Waals surface area contributed by atoms with Crippen molar-refractivity contribution in [2.45, 2.75) is 37.8 Å². The van der Waals surface area contributed by atoms with E-state index in [2.05, 4.69) is 5.32 Å². The van der Waals surface area contributed by atoms with Crippen LogP contribution in [0.15, 0.2) is 30.3 Å². The minimum absolute atomic E-state index is 0.0979. The van der Waals surface area contributed by atoms with Crippen molar-refractivity contribution >= 4 is 12.0 Å². The zero-order valence-corrected chi connectivity index (χ0v) is 12.0. The summed E-state index contributed by atoms with van der Waals surface area (Å²) in [6, 6.07) is 9.64. The number of carbonyl (C=O) groups excluding carboxylic acids is 2. The van der Waals surface area contributed by atoms with Gasteiger partial charge in [-0.25, -0.2) is 4.79 Å². The topological polar surface area (TPSA) is 58.6 Å². The molecule has 5 nitrogen and oxygen atoms in total. The molecule has 1 aromatic carbocycles. The fourth-order valence-electron chi connectivity index (χ4n) is 3.15. The third-order valence-corrected chi connectivity index (χ3v) is 4.28. The summed E-state index contributed by atoms with van der Waals surface area (Å²) in [7, 11) is 0. The number of nitrogens with zero attached hydrogens (tertiary/aromatic N) is 1. The van der Waals surface area contributed by atoms with Crippen molar-refractivity contribution in [2.75, 3.05) is 13.1 Å². The second-order valence-electron chi connectivity index (χ2n) is 5.89. The maximum atomic E-state index is 12.1. The normalized spacial score (nSPS) is 25.0. The number of hydrogen-bond acceptors (Lipinski definition) is 3. The van der Waals surface area contributed by atoms with E-state index in [9.17, 15) is 9.59 Å². The number of likely N-dealkylation sites (tertiary alicyclic amines) is 1. The van der Waals surface area contributed by atoms with E-state index >= 15 is 0 Å². The van der Waals surface area contributed by atoms with E-state index < -0.39 is 0 Å². The molecule has 1 aromatic rings. The van der Waals surface area contributed by atoms with E-state index in [1.54, 1.807) is 4.90 Å². The van der Waals surface area contributed by atoms with Crippen molar-refractivity contribution in [2.24, 2.45) is 0 Å². The van der Waals surface area contributed by atoms with Gasteiger partial charge in [-0.1, -0.05) is 30.3 Å². The van der Waals surface area contributed by atoms with Crippen LogP contribution >= 0.6 is 0 Å². The maximum absolute atomic E-state index is 12.1. The monoisotopic (exact) mass is 288 g/mol. The van der Waals surface area contributed by atoms with E-state index in [-0.39, 0.29) is 24.1 Å². The number of hydrogen-bond donors (Lipinski definition) is 1. The van der Waals surface area contributed by atoms with E-state index in [1.165, 1.54) is 0 Å². The lowest BCUT2D eigenvalue weighted by Crippen LogP contribution is -2.53. The fraction of sp³-hybridized carbons (Fsp3) is 0.500. The third kappa shape index (κ3) is 3.17. The number of ether oxygens (including phenoxy) is 1. The quantitative estimate of drug-likeness (QED) is 0.906. The molecule has 0 bridgehead atoms. The number of amides is 2. The Bertz CT molecular complexity index is 532. The van der Waals surface area contributed by atoms with Crippen molar-refractivity contribution in [3.8, 4) is 0 Å². The standard InChI is InChI=1S/C16H20N2O3/c19-14-7-4-8-16(17-14)9-10-18(12-16)15(20)21-11-13-5-2-1-3-6-13/h1-3,5-6H,4,7-12H2,(H,17,19). The van der Waals surface area contributed by atoms with Crippen molar-refractivity contribution < 1.29 is 14.3 Å². The molecule has 3 rings (SSSR count). The van der Waals surface area contributed by atoms with Gasteiger partial charge in [0.15, 0.2) is 0 Å². The number of piperidine rings is 1. The van der Waals surface area contributed by atoms with Gasteiger partial charge >= 0.3 is 6.09 Å².